The van der Waals surface area contributed by atoms with Crippen LogP contribution in [0.3, 0.4) is 0 Å². The van der Waals surface area contributed by atoms with E-state index in [1.54, 1.807) is 12.1 Å². The molecular weight excluding hydrogens is 396 g/mol. The number of thioether (sulfide) groups is 1. The van der Waals surface area contributed by atoms with Gasteiger partial charge in [0.25, 0.3) is 5.91 Å². The van der Waals surface area contributed by atoms with Crippen molar-refractivity contribution in [3.05, 3.63) is 70.1 Å². The van der Waals surface area contributed by atoms with Crippen molar-refractivity contribution >= 4 is 57.8 Å². The van der Waals surface area contributed by atoms with E-state index in [0.29, 0.717) is 4.91 Å². The van der Waals surface area contributed by atoms with Gasteiger partial charge in [0.15, 0.2) is 0 Å². The first-order valence-corrected chi connectivity index (χ1v) is 9.50. The van der Waals surface area contributed by atoms with Crippen LogP contribution in [-0.2, 0) is 9.59 Å². The monoisotopic (exact) mass is 411 g/mol. The lowest BCUT2D eigenvalue weighted by molar-refractivity contribution is -0.254. The zero-order chi connectivity index (χ0) is 20.3. The molecule has 0 atom stereocenters. The highest BCUT2D eigenvalue weighted by Gasteiger charge is 2.33. The van der Waals surface area contributed by atoms with Crippen LogP contribution < -0.4 is 10.4 Å². The Bertz CT molecular complexity index is 1000. The zero-order valence-electron chi connectivity index (χ0n) is 14.8. The maximum absolute atomic E-state index is 12.6. The van der Waals surface area contributed by atoms with E-state index in [1.807, 2.05) is 31.2 Å². The molecule has 0 aromatic heterocycles. The van der Waals surface area contributed by atoms with Gasteiger partial charge in [0.2, 0.25) is 5.91 Å². The van der Waals surface area contributed by atoms with E-state index in [2.05, 4.69) is 5.32 Å². The molecule has 0 aliphatic carbocycles. The van der Waals surface area contributed by atoms with Gasteiger partial charge in [0.05, 0.1) is 10.9 Å². The summed E-state index contributed by atoms with van der Waals surface area (Å²) in [6.45, 7) is 1.66. The number of anilines is 1. The van der Waals surface area contributed by atoms with Gasteiger partial charge in [-0.05, 0) is 24.6 Å². The van der Waals surface area contributed by atoms with Gasteiger partial charge in [0.1, 0.15) is 10.9 Å². The molecular formula is C20H15N2O4S2-. The fourth-order valence-electron chi connectivity index (χ4n) is 2.55. The number of aryl methyl sites for hydroxylation is 1. The molecule has 1 aliphatic heterocycles. The summed E-state index contributed by atoms with van der Waals surface area (Å²) in [4.78, 5) is 37.7. The van der Waals surface area contributed by atoms with Crippen molar-refractivity contribution in [2.24, 2.45) is 0 Å². The summed E-state index contributed by atoms with van der Waals surface area (Å²) in [5.41, 5.74) is 1.94. The third-order valence-electron chi connectivity index (χ3n) is 3.97. The van der Waals surface area contributed by atoms with E-state index in [-0.39, 0.29) is 28.0 Å². The molecule has 2 aromatic rings. The van der Waals surface area contributed by atoms with Crippen molar-refractivity contribution in [3.8, 4) is 0 Å². The van der Waals surface area contributed by atoms with Gasteiger partial charge in [0, 0.05) is 11.3 Å². The van der Waals surface area contributed by atoms with Crippen LogP contribution in [0, 0.1) is 6.92 Å². The molecule has 0 unspecified atom stereocenters. The molecule has 28 heavy (non-hydrogen) atoms. The van der Waals surface area contributed by atoms with Gasteiger partial charge in [-0.1, -0.05) is 72.0 Å². The van der Waals surface area contributed by atoms with Crippen LogP contribution in [0.25, 0.3) is 6.08 Å². The third kappa shape index (κ3) is 4.47. The molecule has 2 amide bonds. The van der Waals surface area contributed by atoms with E-state index < -0.39 is 11.9 Å². The molecule has 1 fully saturated rings. The lowest BCUT2D eigenvalue weighted by Gasteiger charge is -2.16. The number of thiocarbonyl (C=S) groups is 1. The number of amides is 2. The van der Waals surface area contributed by atoms with Crippen molar-refractivity contribution in [3.63, 3.8) is 0 Å². The van der Waals surface area contributed by atoms with Crippen LogP contribution >= 0.6 is 24.0 Å². The van der Waals surface area contributed by atoms with E-state index in [9.17, 15) is 19.5 Å². The molecule has 0 saturated carbocycles. The maximum Gasteiger partial charge on any atom is 0.266 e. The Morgan fingerprint density at radius 3 is 2.54 bits per heavy atom. The topological polar surface area (TPSA) is 89.5 Å². The number of hydrogen-bond donors (Lipinski definition) is 1. The van der Waals surface area contributed by atoms with Crippen LogP contribution in [0.4, 0.5) is 5.69 Å². The molecule has 1 N–H and O–H groups in total. The van der Waals surface area contributed by atoms with Crippen molar-refractivity contribution in [2.75, 3.05) is 11.9 Å². The number of para-hydroxylation sites is 1. The average Bonchev–Trinajstić information content (AvgIpc) is 2.91. The number of aromatic carboxylic acids is 1. The summed E-state index contributed by atoms with van der Waals surface area (Å²) >= 11 is 6.35. The number of benzene rings is 2. The second kappa shape index (κ2) is 8.37. The highest BCUT2D eigenvalue weighted by atomic mass is 32.2. The fourth-order valence-corrected chi connectivity index (χ4v) is 3.81. The highest BCUT2D eigenvalue weighted by Crippen LogP contribution is 2.32. The molecule has 8 heteroatoms. The van der Waals surface area contributed by atoms with Crippen LogP contribution in [-0.4, -0.2) is 33.5 Å². The minimum absolute atomic E-state index is 0.105. The number of rotatable bonds is 5. The molecule has 6 nitrogen and oxygen atoms in total. The SMILES string of the molecule is Cc1ccc(C=C2SC(=S)N(CC(=O)Nc3ccccc3C(=O)[O-])C2=O)cc1. The summed E-state index contributed by atoms with van der Waals surface area (Å²) in [6.07, 6.45) is 1.72. The van der Waals surface area contributed by atoms with E-state index in [4.69, 9.17) is 12.2 Å². The van der Waals surface area contributed by atoms with E-state index in [1.165, 1.54) is 23.1 Å². The lowest BCUT2D eigenvalue weighted by atomic mass is 10.1. The average molecular weight is 411 g/mol. The molecule has 0 bridgehead atoms. The molecule has 2 aromatic carbocycles. The molecule has 1 heterocycles. The fraction of sp³-hybridized carbons (Fsp3) is 0.100. The first-order chi connectivity index (χ1) is 13.3. The third-order valence-corrected chi connectivity index (χ3v) is 5.35. The van der Waals surface area contributed by atoms with Gasteiger partial charge in [-0.25, -0.2) is 0 Å². The standard InChI is InChI=1S/C20H16N2O4S2/c1-12-6-8-13(9-7-12)10-16-18(24)22(20(27)28-16)11-17(23)21-15-5-3-2-4-14(15)19(25)26/h2-10H,11H2,1H3,(H,21,23)(H,25,26)/p-1. The van der Waals surface area contributed by atoms with E-state index >= 15 is 0 Å². The number of nitrogens with zero attached hydrogens (tertiary/aromatic N) is 1. The predicted octanol–water partition coefficient (Wildman–Crippen LogP) is 2.20. The molecule has 0 spiro atoms. The van der Waals surface area contributed by atoms with Crippen LogP contribution in [0.1, 0.15) is 21.5 Å². The number of carboxylic acids is 1. The van der Waals surface area contributed by atoms with Crippen molar-refractivity contribution in [2.45, 2.75) is 6.92 Å². The van der Waals surface area contributed by atoms with Crippen LogP contribution in [0.2, 0.25) is 0 Å². The molecule has 3 rings (SSSR count). The van der Waals surface area contributed by atoms with Crippen molar-refractivity contribution in [1.82, 2.24) is 4.90 Å². The number of hydrogen-bond acceptors (Lipinski definition) is 6. The minimum atomic E-state index is -1.40. The molecule has 0 radical (unpaired) electrons. The number of carbonyl (C=O) groups is 3. The minimum Gasteiger partial charge on any atom is -0.545 e. The van der Waals surface area contributed by atoms with Crippen LogP contribution in [0.15, 0.2) is 53.4 Å². The molecule has 1 saturated heterocycles. The van der Waals surface area contributed by atoms with Crippen molar-refractivity contribution < 1.29 is 19.5 Å². The second-order valence-corrected chi connectivity index (χ2v) is 7.74. The molecule has 1 aliphatic rings. The first kappa shape index (κ1) is 19.8. The number of carboxylic acid groups (broad SMARTS) is 1. The maximum atomic E-state index is 12.6. The Hall–Kier alpha value is -2.97. The number of carbonyl (C=O) groups excluding carboxylic acids is 3. The Balaban J connectivity index is 1.71. The zero-order valence-corrected chi connectivity index (χ0v) is 16.4. The molecule has 142 valence electrons. The van der Waals surface area contributed by atoms with E-state index in [0.717, 1.165) is 22.9 Å². The smallest absolute Gasteiger partial charge is 0.266 e. The van der Waals surface area contributed by atoms with Gasteiger partial charge in [-0.3, -0.25) is 14.5 Å². The Kier molecular flexibility index (Phi) is 5.91. The van der Waals surface area contributed by atoms with Gasteiger partial charge >= 0.3 is 0 Å². The van der Waals surface area contributed by atoms with Gasteiger partial charge in [-0.2, -0.15) is 0 Å². The summed E-state index contributed by atoms with van der Waals surface area (Å²) < 4.78 is 0.270. The summed E-state index contributed by atoms with van der Waals surface area (Å²) in [7, 11) is 0. The normalized spacial score (nSPS) is 15.2. The second-order valence-electron chi connectivity index (χ2n) is 6.06. The highest BCUT2D eigenvalue weighted by molar-refractivity contribution is 8.26. The van der Waals surface area contributed by atoms with Crippen molar-refractivity contribution in [1.29, 1.82) is 0 Å². The predicted molar refractivity (Wildman–Crippen MR) is 110 cm³/mol. The summed E-state index contributed by atoms with van der Waals surface area (Å²) in [5, 5.41) is 13.6. The summed E-state index contributed by atoms with van der Waals surface area (Å²) in [6, 6.07) is 13.6. The van der Waals surface area contributed by atoms with Gasteiger partial charge in [-0.15, -0.1) is 0 Å². The quantitative estimate of drug-likeness (QED) is 0.599. The van der Waals surface area contributed by atoms with Crippen LogP contribution in [0.5, 0.6) is 0 Å². The first-order valence-electron chi connectivity index (χ1n) is 8.27. The Morgan fingerprint density at radius 2 is 1.86 bits per heavy atom. The number of nitrogens with one attached hydrogen (secondary N) is 1. The Labute approximate surface area is 171 Å². The van der Waals surface area contributed by atoms with Gasteiger partial charge < -0.3 is 15.2 Å². The largest absolute Gasteiger partial charge is 0.545 e. The lowest BCUT2D eigenvalue weighted by Crippen LogP contribution is -2.36. The Morgan fingerprint density at radius 1 is 1.18 bits per heavy atom. The summed E-state index contributed by atoms with van der Waals surface area (Å²) in [5.74, 6) is -2.32.